The van der Waals surface area contributed by atoms with Gasteiger partial charge in [-0.3, -0.25) is 9.59 Å². The van der Waals surface area contributed by atoms with Gasteiger partial charge in [-0.15, -0.1) is 11.3 Å². The van der Waals surface area contributed by atoms with Crippen molar-refractivity contribution in [2.75, 3.05) is 31.1 Å². The fourth-order valence-electron chi connectivity index (χ4n) is 2.65. The van der Waals surface area contributed by atoms with Gasteiger partial charge in [0.15, 0.2) is 5.13 Å². The van der Waals surface area contributed by atoms with Crippen LogP contribution in [-0.4, -0.2) is 46.5 Å². The summed E-state index contributed by atoms with van der Waals surface area (Å²) < 4.78 is 1.41. The number of carbonyl (C=O) groups is 1. The second-order valence-electron chi connectivity index (χ2n) is 5.55. The number of thiazole rings is 1. The summed E-state index contributed by atoms with van der Waals surface area (Å²) in [5, 5.41) is 1.03. The minimum Gasteiger partial charge on any atom is -0.345 e. The van der Waals surface area contributed by atoms with E-state index in [1.165, 1.54) is 15.5 Å². The molecule has 0 aliphatic carbocycles. The van der Waals surface area contributed by atoms with Gasteiger partial charge < -0.3 is 14.4 Å². The molecular weight excluding hydrogens is 312 g/mol. The molecule has 1 saturated heterocycles. The molecule has 0 atom stereocenters. The predicted octanol–water partition coefficient (Wildman–Crippen LogP) is 1.37. The van der Waals surface area contributed by atoms with Gasteiger partial charge in [0.2, 0.25) is 0 Å². The van der Waals surface area contributed by atoms with Crippen LogP contribution >= 0.6 is 11.3 Å². The van der Waals surface area contributed by atoms with Crippen LogP contribution in [0, 0.1) is 0 Å². The fraction of sp³-hybridized carbons (Fsp3) is 0.438. The van der Waals surface area contributed by atoms with Crippen LogP contribution in [0.4, 0.5) is 5.13 Å². The first-order valence-electron chi connectivity index (χ1n) is 7.75. The lowest BCUT2D eigenvalue weighted by Crippen LogP contribution is -2.49. The van der Waals surface area contributed by atoms with E-state index in [2.05, 4.69) is 16.8 Å². The highest BCUT2D eigenvalue weighted by Crippen LogP contribution is 2.24. The monoisotopic (exact) mass is 332 g/mol. The van der Waals surface area contributed by atoms with Crippen LogP contribution in [0.1, 0.15) is 22.3 Å². The molecule has 1 aliphatic rings. The van der Waals surface area contributed by atoms with Crippen LogP contribution in [-0.2, 0) is 13.5 Å². The van der Waals surface area contributed by atoms with E-state index < -0.39 is 0 Å². The van der Waals surface area contributed by atoms with Gasteiger partial charge in [0.25, 0.3) is 11.5 Å². The molecule has 1 amide bonds. The maximum absolute atomic E-state index is 12.6. The first-order valence-corrected chi connectivity index (χ1v) is 8.56. The lowest BCUT2D eigenvalue weighted by Gasteiger charge is -2.34. The van der Waals surface area contributed by atoms with Crippen molar-refractivity contribution in [3.05, 3.63) is 45.3 Å². The quantitative estimate of drug-likeness (QED) is 0.852. The maximum atomic E-state index is 12.6. The predicted molar refractivity (Wildman–Crippen MR) is 91.3 cm³/mol. The van der Waals surface area contributed by atoms with E-state index in [1.807, 2.05) is 6.20 Å². The van der Waals surface area contributed by atoms with Crippen molar-refractivity contribution in [3.8, 4) is 0 Å². The number of nitrogens with zero attached hydrogens (tertiary/aromatic N) is 4. The summed E-state index contributed by atoms with van der Waals surface area (Å²) >= 11 is 1.72. The van der Waals surface area contributed by atoms with Crippen molar-refractivity contribution in [1.82, 2.24) is 14.5 Å². The van der Waals surface area contributed by atoms with Gasteiger partial charge in [0.1, 0.15) is 5.69 Å². The van der Waals surface area contributed by atoms with Gasteiger partial charge in [-0.1, -0.05) is 13.0 Å². The van der Waals surface area contributed by atoms with E-state index >= 15 is 0 Å². The summed E-state index contributed by atoms with van der Waals surface area (Å²) in [5.41, 5.74) is 0.276. The summed E-state index contributed by atoms with van der Waals surface area (Å²) in [5.74, 6) is -0.0850. The molecule has 0 aromatic carbocycles. The first kappa shape index (κ1) is 15.7. The molecule has 122 valence electrons. The second-order valence-corrected chi connectivity index (χ2v) is 6.64. The molecule has 3 rings (SSSR count). The highest BCUT2D eigenvalue weighted by molar-refractivity contribution is 7.15. The third kappa shape index (κ3) is 3.14. The van der Waals surface area contributed by atoms with Crippen LogP contribution in [0.25, 0.3) is 0 Å². The molecule has 0 unspecified atom stereocenters. The summed E-state index contributed by atoms with van der Waals surface area (Å²) in [4.78, 5) is 34.0. The Labute approximate surface area is 139 Å². The standard InChI is InChI=1S/C16H20N4O2S/c1-3-12-11-17-16(23-12)20-9-7-19(8-10-20)15(22)13-5-4-6-14(21)18(13)2/h4-6,11H,3,7-10H2,1-2H3. The molecule has 3 heterocycles. The Morgan fingerprint density at radius 1 is 1.26 bits per heavy atom. The highest BCUT2D eigenvalue weighted by Gasteiger charge is 2.24. The molecular formula is C16H20N4O2S. The molecule has 6 nitrogen and oxygen atoms in total. The van der Waals surface area contributed by atoms with Crippen LogP contribution in [0.2, 0.25) is 0 Å². The lowest BCUT2D eigenvalue weighted by atomic mass is 10.2. The molecule has 0 radical (unpaired) electrons. The molecule has 7 heteroatoms. The molecule has 0 bridgehead atoms. The van der Waals surface area contributed by atoms with Crippen molar-refractivity contribution in [1.29, 1.82) is 0 Å². The zero-order valence-electron chi connectivity index (χ0n) is 13.4. The average molecular weight is 332 g/mol. The van der Waals surface area contributed by atoms with E-state index in [4.69, 9.17) is 0 Å². The Hall–Kier alpha value is -2.15. The Balaban J connectivity index is 1.67. The van der Waals surface area contributed by atoms with E-state index in [0.717, 1.165) is 24.6 Å². The SMILES string of the molecule is CCc1cnc(N2CCN(C(=O)c3cccc(=O)n3C)CC2)s1. The molecule has 2 aromatic rings. The van der Waals surface area contributed by atoms with Crippen LogP contribution in [0.15, 0.2) is 29.2 Å². The minimum atomic E-state index is -0.163. The van der Waals surface area contributed by atoms with Crippen LogP contribution < -0.4 is 10.5 Å². The maximum Gasteiger partial charge on any atom is 0.270 e. The lowest BCUT2D eigenvalue weighted by molar-refractivity contribution is 0.0735. The molecule has 2 aromatic heterocycles. The van der Waals surface area contributed by atoms with Crippen molar-refractivity contribution < 1.29 is 4.79 Å². The molecule has 23 heavy (non-hydrogen) atoms. The van der Waals surface area contributed by atoms with E-state index in [1.54, 1.807) is 35.4 Å². The zero-order valence-corrected chi connectivity index (χ0v) is 14.2. The largest absolute Gasteiger partial charge is 0.345 e. The first-order chi connectivity index (χ1) is 11.1. The third-order valence-electron chi connectivity index (χ3n) is 4.13. The van der Waals surface area contributed by atoms with Crippen LogP contribution in [0.5, 0.6) is 0 Å². The number of aryl methyl sites for hydroxylation is 1. The number of amides is 1. The Morgan fingerprint density at radius 2 is 2.00 bits per heavy atom. The Bertz CT molecular complexity index is 759. The topological polar surface area (TPSA) is 58.4 Å². The van der Waals surface area contributed by atoms with E-state index in [0.29, 0.717) is 18.8 Å². The number of rotatable bonds is 3. The minimum absolute atomic E-state index is 0.0850. The van der Waals surface area contributed by atoms with Gasteiger partial charge in [-0.05, 0) is 12.5 Å². The summed E-state index contributed by atoms with van der Waals surface area (Å²) in [7, 11) is 1.63. The van der Waals surface area contributed by atoms with Crippen molar-refractivity contribution in [2.24, 2.45) is 7.05 Å². The van der Waals surface area contributed by atoms with E-state index in [9.17, 15) is 9.59 Å². The molecule has 0 spiro atoms. The second kappa shape index (κ2) is 6.54. The normalized spacial score (nSPS) is 15.0. The molecule has 0 N–H and O–H groups in total. The molecule has 1 aliphatic heterocycles. The van der Waals surface area contributed by atoms with E-state index in [-0.39, 0.29) is 11.5 Å². The number of pyridine rings is 1. The number of piperazine rings is 1. The Kier molecular flexibility index (Phi) is 4.47. The molecule has 0 saturated carbocycles. The van der Waals surface area contributed by atoms with Crippen molar-refractivity contribution >= 4 is 22.4 Å². The summed E-state index contributed by atoms with van der Waals surface area (Å²) in [6.07, 6.45) is 2.93. The number of anilines is 1. The average Bonchev–Trinajstić information content (AvgIpc) is 3.06. The third-order valence-corrected chi connectivity index (χ3v) is 5.33. The van der Waals surface area contributed by atoms with Crippen LogP contribution in [0.3, 0.4) is 0 Å². The van der Waals surface area contributed by atoms with Gasteiger partial charge >= 0.3 is 0 Å². The number of aromatic nitrogens is 2. The summed E-state index contributed by atoms with van der Waals surface area (Å²) in [6.45, 7) is 4.94. The number of hydrogen-bond donors (Lipinski definition) is 0. The smallest absolute Gasteiger partial charge is 0.270 e. The number of carbonyl (C=O) groups excluding carboxylic acids is 1. The van der Waals surface area contributed by atoms with Gasteiger partial charge in [-0.2, -0.15) is 0 Å². The molecule has 1 fully saturated rings. The van der Waals surface area contributed by atoms with Crippen molar-refractivity contribution in [3.63, 3.8) is 0 Å². The van der Waals surface area contributed by atoms with Crippen molar-refractivity contribution in [2.45, 2.75) is 13.3 Å². The Morgan fingerprint density at radius 3 is 2.65 bits per heavy atom. The van der Waals surface area contributed by atoms with Gasteiger partial charge in [0, 0.05) is 50.4 Å². The fourth-order valence-corrected chi connectivity index (χ4v) is 3.55. The number of hydrogen-bond acceptors (Lipinski definition) is 5. The summed E-state index contributed by atoms with van der Waals surface area (Å²) in [6, 6.07) is 4.79. The zero-order chi connectivity index (χ0) is 16.4. The van der Waals surface area contributed by atoms with Gasteiger partial charge in [0.05, 0.1) is 0 Å². The van der Waals surface area contributed by atoms with Gasteiger partial charge in [-0.25, -0.2) is 4.98 Å². The highest BCUT2D eigenvalue weighted by atomic mass is 32.1.